The average Bonchev–Trinajstić information content (AvgIpc) is 2.81. The molecule has 3 aromatic carbocycles. The molecule has 0 saturated heterocycles. The maximum atomic E-state index is 9.70. The van der Waals surface area contributed by atoms with Crippen LogP contribution in [0.3, 0.4) is 0 Å². The quantitative estimate of drug-likeness (QED) is 0.316. The zero-order valence-electron chi connectivity index (χ0n) is 22.1. The topological polar surface area (TPSA) is 58.9 Å². The Hall–Kier alpha value is -2.82. The molecule has 0 fully saturated rings. The number of hydrogen-bond acceptors (Lipinski definition) is 4. The number of ether oxygens (including phenoxy) is 2. The molecule has 0 bridgehead atoms. The van der Waals surface area contributed by atoms with Gasteiger partial charge in [0.2, 0.25) is 0 Å². The first-order valence-corrected chi connectivity index (χ1v) is 12.3. The molecule has 4 heteroatoms. The number of aliphatic hydroxyl groups is 1. The summed E-state index contributed by atoms with van der Waals surface area (Å²) in [7, 11) is 0. The molecule has 35 heavy (non-hydrogen) atoms. The number of rotatable bonds is 10. The van der Waals surface area contributed by atoms with Crippen molar-refractivity contribution in [3.8, 4) is 11.5 Å². The van der Waals surface area contributed by atoms with Crippen LogP contribution < -0.4 is 4.74 Å². The summed E-state index contributed by atoms with van der Waals surface area (Å²) in [6.45, 7) is 15.1. The molecule has 0 aliphatic carbocycles. The highest BCUT2D eigenvalue weighted by Gasteiger charge is 2.26. The van der Waals surface area contributed by atoms with Gasteiger partial charge in [-0.25, -0.2) is 0 Å². The van der Waals surface area contributed by atoms with Crippen LogP contribution in [-0.2, 0) is 15.6 Å². The van der Waals surface area contributed by atoms with Gasteiger partial charge in [0.15, 0.2) is 5.79 Å². The summed E-state index contributed by atoms with van der Waals surface area (Å²) in [5.74, 6) is 0.154. The van der Waals surface area contributed by atoms with Gasteiger partial charge < -0.3 is 19.7 Å². The van der Waals surface area contributed by atoms with E-state index in [-0.39, 0.29) is 22.5 Å². The van der Waals surface area contributed by atoms with E-state index in [1.807, 2.05) is 31.2 Å². The maximum absolute atomic E-state index is 9.70. The number of hydrogen-bond donors (Lipinski definition) is 2. The molecule has 188 valence electrons. The second kappa shape index (κ2) is 10.4. The summed E-state index contributed by atoms with van der Waals surface area (Å²) < 4.78 is 11.3. The molecule has 0 saturated carbocycles. The second-order valence-electron chi connectivity index (χ2n) is 11.1. The Labute approximate surface area is 210 Å². The first-order valence-electron chi connectivity index (χ1n) is 12.3. The van der Waals surface area contributed by atoms with E-state index < -0.39 is 5.79 Å². The van der Waals surface area contributed by atoms with E-state index in [1.54, 1.807) is 26.0 Å². The molecule has 0 radical (unpaired) electrons. The van der Waals surface area contributed by atoms with Crippen LogP contribution in [0.5, 0.6) is 11.5 Å². The maximum Gasteiger partial charge on any atom is 0.159 e. The molecule has 3 aromatic rings. The Morgan fingerprint density at radius 1 is 0.629 bits per heavy atom. The van der Waals surface area contributed by atoms with Gasteiger partial charge in [0.1, 0.15) is 11.5 Å². The van der Waals surface area contributed by atoms with E-state index in [4.69, 9.17) is 9.47 Å². The third kappa shape index (κ3) is 6.87. The summed E-state index contributed by atoms with van der Waals surface area (Å²) in [4.78, 5) is 0. The molecule has 4 nitrogen and oxygen atoms in total. The highest BCUT2D eigenvalue weighted by molar-refractivity contribution is 5.44. The smallest absolute Gasteiger partial charge is 0.159 e. The van der Waals surface area contributed by atoms with E-state index in [9.17, 15) is 10.2 Å². The van der Waals surface area contributed by atoms with Crippen molar-refractivity contribution in [2.45, 2.75) is 65.1 Å². The number of phenolic OH excluding ortho intramolecular Hbond substituents is 1. The van der Waals surface area contributed by atoms with Crippen LogP contribution in [0.25, 0.3) is 0 Å². The first kappa shape index (κ1) is 26.8. The fraction of sp³-hybridized carbons (Fsp3) is 0.419. The molecule has 0 aliphatic rings. The highest BCUT2D eigenvalue weighted by atomic mass is 16.6. The lowest BCUT2D eigenvalue weighted by Gasteiger charge is -2.29. The van der Waals surface area contributed by atoms with Gasteiger partial charge in [-0.05, 0) is 60.4 Å². The Morgan fingerprint density at radius 3 is 1.40 bits per heavy atom. The molecular weight excluding hydrogens is 436 g/mol. The van der Waals surface area contributed by atoms with Crippen LogP contribution in [0.15, 0.2) is 72.8 Å². The zero-order valence-corrected chi connectivity index (χ0v) is 22.1. The fourth-order valence-corrected chi connectivity index (χ4v) is 4.12. The Bertz CT molecular complexity index is 1070. The van der Waals surface area contributed by atoms with Gasteiger partial charge in [-0.15, -0.1) is 0 Å². The largest absolute Gasteiger partial charge is 0.508 e. The zero-order chi connectivity index (χ0) is 25.9. The minimum Gasteiger partial charge on any atom is -0.508 e. The van der Waals surface area contributed by atoms with E-state index in [1.165, 1.54) is 22.3 Å². The van der Waals surface area contributed by atoms with Gasteiger partial charge >= 0.3 is 0 Å². The Kier molecular flexibility index (Phi) is 7.98. The van der Waals surface area contributed by atoms with Gasteiger partial charge in [-0.1, -0.05) is 83.1 Å². The highest BCUT2D eigenvalue weighted by Crippen LogP contribution is 2.36. The predicted molar refractivity (Wildman–Crippen MR) is 142 cm³/mol. The van der Waals surface area contributed by atoms with Crippen molar-refractivity contribution < 1.29 is 19.7 Å². The molecular formula is C31H40O4. The molecule has 1 atom stereocenters. The van der Waals surface area contributed by atoms with Gasteiger partial charge in [0, 0.05) is 16.7 Å². The van der Waals surface area contributed by atoms with Gasteiger partial charge in [-0.2, -0.15) is 0 Å². The molecule has 0 aromatic heterocycles. The van der Waals surface area contributed by atoms with E-state index in [0.717, 1.165) is 5.75 Å². The van der Waals surface area contributed by atoms with Gasteiger partial charge in [-0.3, -0.25) is 0 Å². The van der Waals surface area contributed by atoms with Gasteiger partial charge in [0.25, 0.3) is 0 Å². The first-order chi connectivity index (χ1) is 16.3. The number of phenols is 1. The van der Waals surface area contributed by atoms with Crippen molar-refractivity contribution in [3.05, 3.63) is 95.1 Å². The Balaban J connectivity index is 1.67. The lowest BCUT2D eigenvalue weighted by atomic mass is 9.74. The molecule has 1 unspecified atom stereocenters. The van der Waals surface area contributed by atoms with Crippen LogP contribution in [0.1, 0.15) is 70.7 Å². The summed E-state index contributed by atoms with van der Waals surface area (Å²) in [6, 6.07) is 24.6. The standard InChI is InChI=1S/C31H40O4/c1-22(21-35-31(6,7)33)20-34-28-18-14-26(15-19-28)30(4,5)24-10-8-23(9-11-24)29(2,3)25-12-16-27(32)17-13-25/h8-19,22,32-33H,20-21H2,1-7H3. The van der Waals surface area contributed by atoms with Crippen molar-refractivity contribution in [3.63, 3.8) is 0 Å². The SMILES string of the molecule is CC(COc1ccc(C(C)(C)c2ccc(C(C)(C)c3ccc(O)cc3)cc2)cc1)COC(C)(C)O. The third-order valence-electron chi connectivity index (χ3n) is 6.75. The summed E-state index contributed by atoms with van der Waals surface area (Å²) in [5.41, 5.74) is 4.54. The van der Waals surface area contributed by atoms with Crippen LogP contribution in [0, 0.1) is 5.92 Å². The molecule has 3 rings (SSSR count). The van der Waals surface area contributed by atoms with Crippen LogP contribution >= 0.6 is 0 Å². The van der Waals surface area contributed by atoms with Crippen molar-refractivity contribution in [2.75, 3.05) is 13.2 Å². The van der Waals surface area contributed by atoms with Crippen LogP contribution in [0.4, 0.5) is 0 Å². The number of benzene rings is 3. The van der Waals surface area contributed by atoms with Crippen molar-refractivity contribution in [1.29, 1.82) is 0 Å². The van der Waals surface area contributed by atoms with Crippen molar-refractivity contribution in [2.24, 2.45) is 5.92 Å². The summed E-state index contributed by atoms with van der Waals surface area (Å²) in [5, 5.41) is 19.3. The Morgan fingerprint density at radius 2 is 1.00 bits per heavy atom. The monoisotopic (exact) mass is 476 g/mol. The minimum atomic E-state index is -1.12. The lowest BCUT2D eigenvalue weighted by Crippen LogP contribution is -2.27. The van der Waals surface area contributed by atoms with Crippen LogP contribution in [0.2, 0.25) is 0 Å². The van der Waals surface area contributed by atoms with Crippen LogP contribution in [-0.4, -0.2) is 29.2 Å². The van der Waals surface area contributed by atoms with Gasteiger partial charge in [0.05, 0.1) is 13.2 Å². The van der Waals surface area contributed by atoms with Crippen molar-refractivity contribution in [1.82, 2.24) is 0 Å². The minimum absolute atomic E-state index is 0.159. The third-order valence-corrected chi connectivity index (χ3v) is 6.75. The van der Waals surface area contributed by atoms with E-state index in [0.29, 0.717) is 13.2 Å². The van der Waals surface area contributed by atoms with E-state index >= 15 is 0 Å². The predicted octanol–water partition coefficient (Wildman–Crippen LogP) is 6.80. The fourth-order valence-electron chi connectivity index (χ4n) is 4.12. The molecule has 0 aliphatic heterocycles. The summed E-state index contributed by atoms with van der Waals surface area (Å²) in [6.07, 6.45) is 0. The molecule has 0 heterocycles. The number of aromatic hydroxyl groups is 1. The van der Waals surface area contributed by atoms with Crippen molar-refractivity contribution >= 4 is 0 Å². The van der Waals surface area contributed by atoms with E-state index in [2.05, 4.69) is 64.1 Å². The molecule has 0 spiro atoms. The lowest BCUT2D eigenvalue weighted by molar-refractivity contribution is -0.183. The molecule has 0 amide bonds. The second-order valence-corrected chi connectivity index (χ2v) is 11.1. The molecule has 2 N–H and O–H groups in total. The normalized spacial score (nSPS) is 13.5. The summed E-state index contributed by atoms with van der Waals surface area (Å²) >= 11 is 0. The average molecular weight is 477 g/mol.